The highest BCUT2D eigenvalue weighted by atomic mass is 35.5. The molecule has 0 radical (unpaired) electrons. The van der Waals surface area contributed by atoms with Crippen LogP contribution in [0.25, 0.3) is 0 Å². The monoisotopic (exact) mass is 272 g/mol. The first-order chi connectivity index (χ1) is 8.29. The van der Waals surface area contributed by atoms with Gasteiger partial charge in [-0.05, 0) is 49.8 Å². The summed E-state index contributed by atoms with van der Waals surface area (Å²) in [6, 6.07) is 2.00. The number of likely N-dealkylation sites (tertiary alicyclic amines) is 1. The topological polar surface area (TPSA) is 15.3 Å². The molecule has 1 unspecified atom stereocenters. The van der Waals surface area contributed by atoms with Crippen LogP contribution in [0.4, 0.5) is 0 Å². The van der Waals surface area contributed by atoms with Crippen molar-refractivity contribution in [2.75, 3.05) is 26.2 Å². The Morgan fingerprint density at radius 3 is 3.18 bits per heavy atom. The van der Waals surface area contributed by atoms with Crippen molar-refractivity contribution in [1.82, 2.24) is 10.2 Å². The molecule has 0 bridgehead atoms. The number of rotatable bonds is 5. The summed E-state index contributed by atoms with van der Waals surface area (Å²) in [5, 5.41) is 6.47. The van der Waals surface area contributed by atoms with E-state index in [2.05, 4.69) is 22.5 Å². The van der Waals surface area contributed by atoms with Gasteiger partial charge in [0.25, 0.3) is 0 Å². The molecular formula is C13H21ClN2S. The third kappa shape index (κ3) is 3.95. The van der Waals surface area contributed by atoms with Crippen LogP contribution in [-0.4, -0.2) is 31.1 Å². The summed E-state index contributed by atoms with van der Waals surface area (Å²) in [7, 11) is 0. The molecule has 1 N–H and O–H groups in total. The Labute approximate surface area is 113 Å². The van der Waals surface area contributed by atoms with Crippen molar-refractivity contribution >= 4 is 22.9 Å². The molecule has 0 amide bonds. The highest BCUT2D eigenvalue weighted by Gasteiger charge is 2.20. The number of piperidine rings is 1. The fraction of sp³-hybridized carbons (Fsp3) is 0.692. The van der Waals surface area contributed by atoms with Gasteiger partial charge < -0.3 is 5.32 Å². The van der Waals surface area contributed by atoms with Crippen LogP contribution >= 0.6 is 22.9 Å². The first kappa shape index (κ1) is 13.3. The standard InChI is InChI=1S/C13H21ClN2S/c1-2-15-8-11-4-3-6-16(9-11)10-13-12(14)5-7-17-13/h5,7,11,15H,2-4,6,8-10H2,1H3. The molecule has 1 aliphatic rings. The summed E-state index contributed by atoms with van der Waals surface area (Å²) < 4.78 is 0. The SMILES string of the molecule is CCNCC1CCCN(Cc2sccc2Cl)C1. The third-order valence-electron chi connectivity index (χ3n) is 3.34. The molecule has 2 rings (SSSR count). The number of nitrogens with one attached hydrogen (secondary N) is 1. The molecule has 1 aliphatic heterocycles. The number of halogens is 1. The zero-order valence-electron chi connectivity index (χ0n) is 10.4. The van der Waals surface area contributed by atoms with E-state index in [-0.39, 0.29) is 0 Å². The zero-order valence-corrected chi connectivity index (χ0v) is 12.0. The van der Waals surface area contributed by atoms with Crippen molar-refractivity contribution < 1.29 is 0 Å². The van der Waals surface area contributed by atoms with E-state index in [1.54, 1.807) is 11.3 Å². The molecule has 1 fully saturated rings. The predicted octanol–water partition coefficient (Wildman–Crippen LogP) is 3.22. The normalized spacial score (nSPS) is 21.9. The summed E-state index contributed by atoms with van der Waals surface area (Å²) in [6.07, 6.45) is 2.68. The molecule has 4 heteroatoms. The maximum atomic E-state index is 6.15. The van der Waals surface area contributed by atoms with Crippen LogP contribution in [0.15, 0.2) is 11.4 Å². The molecule has 96 valence electrons. The van der Waals surface area contributed by atoms with Gasteiger partial charge in [-0.1, -0.05) is 18.5 Å². The maximum absolute atomic E-state index is 6.15. The predicted molar refractivity (Wildman–Crippen MR) is 75.9 cm³/mol. The van der Waals surface area contributed by atoms with Gasteiger partial charge in [-0.25, -0.2) is 0 Å². The zero-order chi connectivity index (χ0) is 12.1. The third-order valence-corrected chi connectivity index (χ3v) is 4.72. The van der Waals surface area contributed by atoms with Crippen molar-refractivity contribution in [1.29, 1.82) is 0 Å². The van der Waals surface area contributed by atoms with Crippen LogP contribution in [0, 0.1) is 5.92 Å². The summed E-state index contributed by atoms with van der Waals surface area (Å²) in [5.41, 5.74) is 0. The second kappa shape index (κ2) is 6.74. The van der Waals surface area contributed by atoms with Gasteiger partial charge in [0.2, 0.25) is 0 Å². The summed E-state index contributed by atoms with van der Waals surface area (Å²) in [6.45, 7) is 7.86. The average Bonchev–Trinajstić information content (AvgIpc) is 2.73. The van der Waals surface area contributed by atoms with Crippen molar-refractivity contribution in [3.8, 4) is 0 Å². The lowest BCUT2D eigenvalue weighted by atomic mass is 9.98. The van der Waals surface area contributed by atoms with Crippen LogP contribution in [0.2, 0.25) is 5.02 Å². The molecule has 0 aliphatic carbocycles. The van der Waals surface area contributed by atoms with Crippen LogP contribution in [0.3, 0.4) is 0 Å². The highest BCUT2D eigenvalue weighted by Crippen LogP contribution is 2.25. The van der Waals surface area contributed by atoms with Crippen molar-refractivity contribution in [2.24, 2.45) is 5.92 Å². The largest absolute Gasteiger partial charge is 0.317 e. The second-order valence-electron chi connectivity index (χ2n) is 4.74. The average molecular weight is 273 g/mol. The molecule has 2 heterocycles. The molecule has 2 nitrogen and oxygen atoms in total. The van der Waals surface area contributed by atoms with Gasteiger partial charge in [-0.2, -0.15) is 0 Å². The van der Waals surface area contributed by atoms with Crippen molar-refractivity contribution in [3.05, 3.63) is 21.3 Å². The van der Waals surface area contributed by atoms with Crippen LogP contribution in [0.1, 0.15) is 24.6 Å². The summed E-state index contributed by atoms with van der Waals surface area (Å²) in [4.78, 5) is 3.86. The van der Waals surface area contributed by atoms with Gasteiger partial charge in [-0.3, -0.25) is 4.90 Å². The minimum Gasteiger partial charge on any atom is -0.317 e. The Kier molecular flexibility index (Phi) is 5.29. The van der Waals surface area contributed by atoms with Gasteiger partial charge >= 0.3 is 0 Å². The van der Waals surface area contributed by atoms with E-state index in [0.29, 0.717) is 0 Å². The fourth-order valence-electron chi connectivity index (χ4n) is 2.45. The molecule has 0 aromatic carbocycles. The van der Waals surface area contributed by atoms with E-state index in [1.807, 2.05) is 6.07 Å². The molecule has 1 saturated heterocycles. The minimum atomic E-state index is 0.808. The van der Waals surface area contributed by atoms with E-state index >= 15 is 0 Å². The molecule has 17 heavy (non-hydrogen) atoms. The van der Waals surface area contributed by atoms with Crippen molar-refractivity contribution in [2.45, 2.75) is 26.3 Å². The Morgan fingerprint density at radius 2 is 2.47 bits per heavy atom. The Hall–Kier alpha value is -0.0900. The lowest BCUT2D eigenvalue weighted by Crippen LogP contribution is -2.39. The number of nitrogens with zero attached hydrogens (tertiary/aromatic N) is 1. The van der Waals surface area contributed by atoms with Crippen molar-refractivity contribution in [3.63, 3.8) is 0 Å². The number of hydrogen-bond acceptors (Lipinski definition) is 3. The lowest BCUT2D eigenvalue weighted by Gasteiger charge is -2.32. The second-order valence-corrected chi connectivity index (χ2v) is 6.15. The Morgan fingerprint density at radius 1 is 1.59 bits per heavy atom. The lowest BCUT2D eigenvalue weighted by molar-refractivity contribution is 0.167. The molecule has 1 aromatic rings. The first-order valence-electron chi connectivity index (χ1n) is 6.44. The van der Waals surface area contributed by atoms with E-state index < -0.39 is 0 Å². The molecule has 1 aromatic heterocycles. The van der Waals surface area contributed by atoms with E-state index in [9.17, 15) is 0 Å². The summed E-state index contributed by atoms with van der Waals surface area (Å²) >= 11 is 7.92. The van der Waals surface area contributed by atoms with Gasteiger partial charge in [0, 0.05) is 18.0 Å². The van der Waals surface area contributed by atoms with Gasteiger partial charge in [0.1, 0.15) is 0 Å². The van der Waals surface area contributed by atoms with Crippen LogP contribution in [0.5, 0.6) is 0 Å². The van der Waals surface area contributed by atoms with Crippen LogP contribution in [-0.2, 0) is 6.54 Å². The summed E-state index contributed by atoms with van der Waals surface area (Å²) in [5.74, 6) is 0.808. The number of thiophene rings is 1. The van der Waals surface area contributed by atoms with Crippen LogP contribution < -0.4 is 5.32 Å². The first-order valence-corrected chi connectivity index (χ1v) is 7.70. The number of hydrogen-bond donors (Lipinski definition) is 1. The van der Waals surface area contributed by atoms with Gasteiger partial charge in [0.05, 0.1) is 5.02 Å². The van der Waals surface area contributed by atoms with Gasteiger partial charge in [-0.15, -0.1) is 11.3 Å². The highest BCUT2D eigenvalue weighted by molar-refractivity contribution is 7.10. The fourth-order valence-corrected chi connectivity index (χ4v) is 3.59. The quantitative estimate of drug-likeness (QED) is 0.885. The molecule has 0 saturated carbocycles. The minimum absolute atomic E-state index is 0.808. The van der Waals surface area contributed by atoms with E-state index in [4.69, 9.17) is 11.6 Å². The van der Waals surface area contributed by atoms with Gasteiger partial charge in [0.15, 0.2) is 0 Å². The Balaban J connectivity index is 1.83. The molecule has 0 spiro atoms. The van der Waals surface area contributed by atoms with E-state index in [0.717, 1.165) is 30.6 Å². The smallest absolute Gasteiger partial charge is 0.0558 e. The molecular weight excluding hydrogens is 252 g/mol. The maximum Gasteiger partial charge on any atom is 0.0558 e. The Bertz CT molecular complexity index is 340. The van der Waals surface area contributed by atoms with E-state index in [1.165, 1.54) is 30.8 Å². The molecule has 1 atom stereocenters.